The van der Waals surface area contributed by atoms with E-state index in [0.29, 0.717) is 12.3 Å². The number of nitrogens with zero attached hydrogens (tertiary/aromatic N) is 2. The smallest absolute Gasteiger partial charge is 0.480 e. The second kappa shape index (κ2) is 16.3. The number of aliphatic carboxylic acids is 2. The predicted octanol–water partition coefficient (Wildman–Crippen LogP) is -0.705. The molecule has 2 atom stereocenters. The Labute approximate surface area is 191 Å². The van der Waals surface area contributed by atoms with Gasteiger partial charge in [0.2, 0.25) is 0 Å². The molecule has 33 heavy (non-hydrogen) atoms. The van der Waals surface area contributed by atoms with E-state index in [1.165, 1.54) is 18.6 Å². The number of nitrogens with one attached hydrogen (secondary N) is 1. The molecule has 1 heterocycles. The average Bonchev–Trinajstić information content (AvgIpc) is 2.74. The highest BCUT2D eigenvalue weighted by Gasteiger charge is 2.21. The van der Waals surface area contributed by atoms with Gasteiger partial charge >= 0.3 is 19.3 Å². The topological polar surface area (TPSA) is 216 Å². The maximum Gasteiger partial charge on any atom is 0.631 e. The average molecular weight is 464 g/mol. The fourth-order valence-electron chi connectivity index (χ4n) is 2.31. The molecule has 1 aromatic heterocycles. The van der Waals surface area contributed by atoms with Crippen LogP contribution < -0.4 is 11.1 Å². The zero-order chi connectivity index (χ0) is 25.4. The van der Waals surface area contributed by atoms with Crippen LogP contribution in [0.25, 0.3) is 0 Å². The van der Waals surface area contributed by atoms with Gasteiger partial charge in [0, 0.05) is 18.8 Å². The number of amides is 1. The van der Waals surface area contributed by atoms with Crippen molar-refractivity contribution in [3.8, 4) is 0 Å². The molecule has 2 rings (SSSR count). The van der Waals surface area contributed by atoms with Crippen LogP contribution >= 0.6 is 0 Å². The van der Waals surface area contributed by atoms with E-state index in [1.807, 2.05) is 44.2 Å². The van der Waals surface area contributed by atoms with Crippen molar-refractivity contribution >= 4 is 25.2 Å². The van der Waals surface area contributed by atoms with Gasteiger partial charge in [0.15, 0.2) is 0 Å². The first-order valence-corrected chi connectivity index (χ1v) is 9.80. The first-order valence-electron chi connectivity index (χ1n) is 9.80. The molecule has 8 N–H and O–H groups in total. The first-order chi connectivity index (χ1) is 15.4. The number of rotatable bonds is 8. The van der Waals surface area contributed by atoms with Crippen molar-refractivity contribution in [1.82, 2.24) is 15.3 Å². The molecule has 1 aromatic carbocycles. The van der Waals surface area contributed by atoms with Gasteiger partial charge in [0.25, 0.3) is 5.91 Å². The lowest BCUT2D eigenvalue weighted by Gasteiger charge is -2.14. The Morgan fingerprint density at radius 2 is 1.61 bits per heavy atom. The maximum atomic E-state index is 11.9. The monoisotopic (exact) mass is 464 g/mol. The molecular weight excluding hydrogens is 435 g/mol. The summed E-state index contributed by atoms with van der Waals surface area (Å²) in [4.78, 5) is 40.8. The van der Waals surface area contributed by atoms with Gasteiger partial charge in [-0.15, -0.1) is 0 Å². The van der Waals surface area contributed by atoms with Crippen molar-refractivity contribution in [3.63, 3.8) is 0 Å². The quantitative estimate of drug-likeness (QED) is 0.242. The highest BCUT2D eigenvalue weighted by Crippen LogP contribution is 2.04. The van der Waals surface area contributed by atoms with E-state index in [0.717, 1.165) is 5.56 Å². The molecule has 0 saturated heterocycles. The number of hydrogen-bond donors (Lipinski definition) is 7. The molecule has 2 aromatic rings. The minimum Gasteiger partial charge on any atom is -0.480 e. The first kappa shape index (κ1) is 29.6. The summed E-state index contributed by atoms with van der Waals surface area (Å²) in [6.45, 7) is 3.89. The third kappa shape index (κ3) is 15.1. The van der Waals surface area contributed by atoms with E-state index in [2.05, 4.69) is 15.3 Å². The van der Waals surface area contributed by atoms with Crippen LogP contribution in [0.4, 0.5) is 0 Å². The summed E-state index contributed by atoms with van der Waals surface area (Å²) in [5, 5.41) is 41.4. The number of carboxylic acid groups (broad SMARTS) is 2. The minimum absolute atomic E-state index is 0.0896. The Morgan fingerprint density at radius 1 is 1.03 bits per heavy atom. The summed E-state index contributed by atoms with van der Waals surface area (Å²) >= 11 is 0. The third-order valence-electron chi connectivity index (χ3n) is 3.72. The summed E-state index contributed by atoms with van der Waals surface area (Å²) in [6.07, 6.45) is 4.87. The number of nitrogens with two attached hydrogens (primary N) is 1. The van der Waals surface area contributed by atoms with Gasteiger partial charge in [0.1, 0.15) is 17.8 Å². The SMILES string of the molecule is CC(C)CC(N)C(=O)O.O=C(NC(Cc1ccccc1)C(=O)O)c1cnccn1.OB(O)O. The van der Waals surface area contributed by atoms with Gasteiger partial charge in [-0.1, -0.05) is 44.2 Å². The second-order valence-electron chi connectivity index (χ2n) is 7.07. The summed E-state index contributed by atoms with van der Waals surface area (Å²) < 4.78 is 0. The minimum atomic E-state index is -2.17. The Kier molecular flexibility index (Phi) is 14.6. The highest BCUT2D eigenvalue weighted by molar-refractivity contribution is 6.30. The summed E-state index contributed by atoms with van der Waals surface area (Å²) in [5.74, 6) is -2.20. The Bertz CT molecular complexity index is 838. The van der Waals surface area contributed by atoms with Gasteiger partial charge in [-0.05, 0) is 17.9 Å². The molecule has 0 fully saturated rings. The van der Waals surface area contributed by atoms with E-state index >= 15 is 0 Å². The Balaban J connectivity index is 0.000000657. The molecule has 0 aliphatic heterocycles. The number of aromatic nitrogens is 2. The van der Waals surface area contributed by atoms with E-state index < -0.39 is 37.3 Å². The van der Waals surface area contributed by atoms with Crippen LogP contribution in [0.2, 0.25) is 0 Å². The lowest BCUT2D eigenvalue weighted by atomic mass is 10.1. The molecule has 1 amide bonds. The van der Waals surface area contributed by atoms with Crippen LogP contribution in [-0.4, -0.2) is 72.5 Å². The lowest BCUT2D eigenvalue weighted by molar-refractivity contribution is -0.140. The number of carbonyl (C=O) groups is 3. The molecule has 0 radical (unpaired) electrons. The fourth-order valence-corrected chi connectivity index (χ4v) is 2.31. The van der Waals surface area contributed by atoms with E-state index in [1.54, 1.807) is 0 Å². The molecule has 0 saturated carbocycles. The second-order valence-corrected chi connectivity index (χ2v) is 7.07. The Hall–Kier alpha value is -3.39. The largest absolute Gasteiger partial charge is 0.631 e. The van der Waals surface area contributed by atoms with E-state index in [9.17, 15) is 19.5 Å². The van der Waals surface area contributed by atoms with Crippen molar-refractivity contribution in [2.45, 2.75) is 38.8 Å². The van der Waals surface area contributed by atoms with Crippen LogP contribution in [-0.2, 0) is 16.0 Å². The standard InChI is InChI=1S/C14H13N3O3.C6H13NO2.BH3O3/c18-13(12-9-15-6-7-16-12)17-11(14(19)20)8-10-4-2-1-3-5-10;1-4(2)3-5(7)6(8)9;2-1(3)4/h1-7,9,11H,8H2,(H,17,18)(H,19,20);4-5H,3,7H2,1-2H3,(H,8,9);2-4H. The molecule has 12 nitrogen and oxygen atoms in total. The van der Waals surface area contributed by atoms with Crippen molar-refractivity contribution in [2.75, 3.05) is 0 Å². The summed E-state index contributed by atoms with van der Waals surface area (Å²) in [6, 6.07) is 7.40. The van der Waals surface area contributed by atoms with Crippen LogP contribution in [0.3, 0.4) is 0 Å². The number of carboxylic acids is 2. The third-order valence-corrected chi connectivity index (χ3v) is 3.72. The molecule has 0 spiro atoms. The molecule has 0 aliphatic carbocycles. The zero-order valence-electron chi connectivity index (χ0n) is 18.3. The lowest BCUT2D eigenvalue weighted by Crippen LogP contribution is -2.42. The van der Waals surface area contributed by atoms with Crippen LogP contribution in [0, 0.1) is 5.92 Å². The van der Waals surface area contributed by atoms with Crippen molar-refractivity contribution in [2.24, 2.45) is 11.7 Å². The fraction of sp³-hybridized carbons (Fsp3) is 0.350. The normalized spacial score (nSPS) is 11.6. The van der Waals surface area contributed by atoms with Gasteiger partial charge in [-0.3, -0.25) is 14.6 Å². The van der Waals surface area contributed by atoms with Crippen LogP contribution in [0.5, 0.6) is 0 Å². The molecule has 2 unspecified atom stereocenters. The highest BCUT2D eigenvalue weighted by atomic mass is 16.5. The molecule has 13 heteroatoms. The van der Waals surface area contributed by atoms with Crippen LogP contribution in [0.15, 0.2) is 48.9 Å². The van der Waals surface area contributed by atoms with E-state index in [-0.39, 0.29) is 12.1 Å². The molecule has 0 bridgehead atoms. The number of carbonyl (C=O) groups excluding carboxylic acids is 1. The van der Waals surface area contributed by atoms with Crippen molar-refractivity contribution in [3.05, 3.63) is 60.2 Å². The molecule has 0 aliphatic rings. The number of benzene rings is 1. The van der Waals surface area contributed by atoms with Crippen molar-refractivity contribution in [1.29, 1.82) is 0 Å². The van der Waals surface area contributed by atoms with Crippen molar-refractivity contribution < 1.29 is 39.7 Å². The predicted molar refractivity (Wildman–Crippen MR) is 119 cm³/mol. The maximum absolute atomic E-state index is 11.9. The summed E-state index contributed by atoms with van der Waals surface area (Å²) in [7, 11) is -2.17. The zero-order valence-corrected chi connectivity index (χ0v) is 18.3. The van der Waals surface area contributed by atoms with Crippen LogP contribution in [0.1, 0.15) is 36.3 Å². The van der Waals surface area contributed by atoms with Gasteiger partial charge in [-0.25, -0.2) is 9.78 Å². The van der Waals surface area contributed by atoms with Gasteiger partial charge in [0.05, 0.1) is 6.20 Å². The summed E-state index contributed by atoms with van der Waals surface area (Å²) in [5.41, 5.74) is 6.14. The van der Waals surface area contributed by atoms with E-state index in [4.69, 9.17) is 25.9 Å². The molecular formula is C20H29BN4O8. The molecule has 180 valence electrons. The van der Waals surface area contributed by atoms with Gasteiger partial charge in [-0.2, -0.15) is 0 Å². The number of hydrogen-bond acceptors (Lipinski definition) is 9. The Morgan fingerprint density at radius 3 is 2.00 bits per heavy atom. The van der Waals surface area contributed by atoms with Gasteiger partial charge < -0.3 is 36.3 Å².